The van der Waals surface area contributed by atoms with Gasteiger partial charge >= 0.3 is 5.97 Å². The molecule has 1 unspecified atom stereocenters. The van der Waals surface area contributed by atoms with E-state index in [9.17, 15) is 9.59 Å². The highest BCUT2D eigenvalue weighted by atomic mass is 16.4. The summed E-state index contributed by atoms with van der Waals surface area (Å²) in [6, 6.07) is 0. The number of amides is 1. The van der Waals surface area contributed by atoms with Gasteiger partial charge in [-0.05, 0) is 25.7 Å². The molecule has 0 aromatic rings. The van der Waals surface area contributed by atoms with Gasteiger partial charge in [-0.25, -0.2) is 0 Å². The molecule has 1 aliphatic heterocycles. The minimum absolute atomic E-state index is 0.177. The average molecular weight is 197 g/mol. The monoisotopic (exact) mass is 197 g/mol. The number of carboxylic acids is 1. The molecule has 2 fully saturated rings. The first-order valence-electron chi connectivity index (χ1n) is 5.20. The summed E-state index contributed by atoms with van der Waals surface area (Å²) in [7, 11) is 0. The number of piperidine rings is 1. The molecule has 1 N–H and O–H groups in total. The largest absolute Gasteiger partial charge is 0.481 e. The Morgan fingerprint density at radius 3 is 2.43 bits per heavy atom. The summed E-state index contributed by atoms with van der Waals surface area (Å²) in [4.78, 5) is 24.2. The zero-order chi connectivity index (χ0) is 10.1. The maximum atomic E-state index is 11.7. The van der Waals surface area contributed by atoms with Crippen LogP contribution in [0.1, 0.15) is 25.7 Å². The highest BCUT2D eigenvalue weighted by Crippen LogP contribution is 2.32. The molecule has 78 valence electrons. The van der Waals surface area contributed by atoms with Gasteiger partial charge in [0.2, 0.25) is 5.91 Å². The van der Waals surface area contributed by atoms with Crippen molar-refractivity contribution in [2.24, 2.45) is 11.8 Å². The Bertz CT molecular complexity index is 260. The zero-order valence-electron chi connectivity index (χ0n) is 8.11. The van der Waals surface area contributed by atoms with Crippen molar-refractivity contribution in [1.29, 1.82) is 0 Å². The first-order valence-corrected chi connectivity index (χ1v) is 5.20. The maximum absolute atomic E-state index is 11.7. The molecular formula is C10H15NO3. The molecule has 0 radical (unpaired) electrons. The fraction of sp³-hybridized carbons (Fsp3) is 0.800. The molecule has 1 atom stereocenters. The van der Waals surface area contributed by atoms with Crippen molar-refractivity contribution in [3.63, 3.8) is 0 Å². The van der Waals surface area contributed by atoms with Crippen molar-refractivity contribution in [2.75, 3.05) is 13.1 Å². The lowest BCUT2D eigenvalue weighted by Gasteiger charge is -2.30. The van der Waals surface area contributed by atoms with Crippen LogP contribution in [0.15, 0.2) is 0 Å². The highest BCUT2D eigenvalue weighted by molar-refractivity contribution is 5.82. The summed E-state index contributed by atoms with van der Waals surface area (Å²) in [5.41, 5.74) is 0. The quantitative estimate of drug-likeness (QED) is 0.709. The molecule has 1 saturated heterocycles. The third-order valence-electron chi connectivity index (χ3n) is 3.01. The van der Waals surface area contributed by atoms with E-state index in [0.29, 0.717) is 13.0 Å². The minimum atomic E-state index is -0.765. The van der Waals surface area contributed by atoms with Crippen LogP contribution in [0.4, 0.5) is 0 Å². The van der Waals surface area contributed by atoms with E-state index in [0.717, 1.165) is 25.8 Å². The summed E-state index contributed by atoms with van der Waals surface area (Å²) in [6.07, 6.45) is 3.53. The van der Waals surface area contributed by atoms with Gasteiger partial charge in [-0.2, -0.15) is 0 Å². The minimum Gasteiger partial charge on any atom is -0.481 e. The number of aliphatic carboxylic acids is 1. The number of carbonyl (C=O) groups excluding carboxylic acids is 1. The Kier molecular flexibility index (Phi) is 2.44. The van der Waals surface area contributed by atoms with Crippen molar-refractivity contribution >= 4 is 11.9 Å². The van der Waals surface area contributed by atoms with E-state index in [4.69, 9.17) is 5.11 Å². The normalized spacial score (nSPS) is 27.4. The van der Waals surface area contributed by atoms with Crippen molar-refractivity contribution in [3.8, 4) is 0 Å². The van der Waals surface area contributed by atoms with Crippen LogP contribution in [-0.2, 0) is 9.59 Å². The third-order valence-corrected chi connectivity index (χ3v) is 3.01. The second-order valence-electron chi connectivity index (χ2n) is 4.24. The number of hydrogen-bond donors (Lipinski definition) is 1. The van der Waals surface area contributed by atoms with Crippen LogP contribution in [-0.4, -0.2) is 35.0 Å². The molecular weight excluding hydrogens is 182 g/mol. The number of carbonyl (C=O) groups is 2. The first kappa shape index (κ1) is 9.49. The lowest BCUT2D eigenvalue weighted by molar-refractivity contribution is -0.146. The van der Waals surface area contributed by atoms with Crippen LogP contribution >= 0.6 is 0 Å². The Morgan fingerprint density at radius 1 is 1.14 bits per heavy atom. The lowest BCUT2D eigenvalue weighted by Crippen LogP contribution is -2.42. The standard InChI is InChI=1S/C10H15NO3/c12-9(7-3-4-7)11-5-1-2-8(6-11)10(13)14/h7-8H,1-6H2,(H,13,14). The van der Waals surface area contributed by atoms with Gasteiger partial charge in [-0.1, -0.05) is 0 Å². The van der Waals surface area contributed by atoms with Gasteiger partial charge in [0.05, 0.1) is 5.92 Å². The zero-order valence-corrected chi connectivity index (χ0v) is 8.11. The molecule has 1 aliphatic carbocycles. The maximum Gasteiger partial charge on any atom is 0.308 e. The smallest absolute Gasteiger partial charge is 0.308 e. The molecule has 0 spiro atoms. The van der Waals surface area contributed by atoms with E-state index in [1.165, 1.54) is 0 Å². The van der Waals surface area contributed by atoms with Crippen LogP contribution in [0.3, 0.4) is 0 Å². The van der Waals surface area contributed by atoms with E-state index < -0.39 is 5.97 Å². The van der Waals surface area contributed by atoms with Gasteiger partial charge in [0, 0.05) is 19.0 Å². The molecule has 0 aromatic heterocycles. The second kappa shape index (κ2) is 3.59. The fourth-order valence-electron chi connectivity index (χ4n) is 1.97. The molecule has 14 heavy (non-hydrogen) atoms. The van der Waals surface area contributed by atoms with E-state index in [2.05, 4.69) is 0 Å². The summed E-state index contributed by atoms with van der Waals surface area (Å²) in [6.45, 7) is 1.17. The molecule has 1 amide bonds. The Labute approximate surface area is 82.9 Å². The van der Waals surface area contributed by atoms with Gasteiger partial charge in [-0.15, -0.1) is 0 Å². The third kappa shape index (κ3) is 1.89. The molecule has 4 nitrogen and oxygen atoms in total. The Morgan fingerprint density at radius 2 is 1.86 bits per heavy atom. The van der Waals surface area contributed by atoms with Crippen molar-refractivity contribution in [1.82, 2.24) is 4.90 Å². The van der Waals surface area contributed by atoms with Gasteiger partial charge in [-0.3, -0.25) is 9.59 Å². The number of carboxylic acid groups (broad SMARTS) is 1. The predicted molar refractivity (Wildman–Crippen MR) is 49.7 cm³/mol. The number of nitrogens with zero attached hydrogens (tertiary/aromatic N) is 1. The molecule has 0 bridgehead atoms. The molecule has 1 heterocycles. The average Bonchev–Trinajstić information content (AvgIpc) is 3.00. The lowest BCUT2D eigenvalue weighted by atomic mass is 9.98. The van der Waals surface area contributed by atoms with Gasteiger partial charge in [0.15, 0.2) is 0 Å². The molecule has 0 aromatic carbocycles. The number of likely N-dealkylation sites (tertiary alicyclic amines) is 1. The molecule has 2 aliphatic rings. The van der Waals surface area contributed by atoms with Crippen LogP contribution in [0.25, 0.3) is 0 Å². The fourth-order valence-corrected chi connectivity index (χ4v) is 1.97. The van der Waals surface area contributed by atoms with Crippen molar-refractivity contribution < 1.29 is 14.7 Å². The molecule has 1 saturated carbocycles. The Hall–Kier alpha value is -1.06. The SMILES string of the molecule is O=C(O)C1CCCN(C(=O)C2CC2)C1. The topological polar surface area (TPSA) is 57.6 Å². The van der Waals surface area contributed by atoms with Gasteiger partial charge < -0.3 is 10.0 Å². The summed E-state index contributed by atoms with van der Waals surface area (Å²) in [5, 5.41) is 8.85. The van der Waals surface area contributed by atoms with Crippen molar-refractivity contribution in [2.45, 2.75) is 25.7 Å². The van der Waals surface area contributed by atoms with Gasteiger partial charge in [0.25, 0.3) is 0 Å². The summed E-state index contributed by atoms with van der Waals surface area (Å²) >= 11 is 0. The van der Waals surface area contributed by atoms with Crippen LogP contribution < -0.4 is 0 Å². The van der Waals surface area contributed by atoms with E-state index >= 15 is 0 Å². The summed E-state index contributed by atoms with van der Waals surface area (Å²) < 4.78 is 0. The van der Waals surface area contributed by atoms with Gasteiger partial charge in [0.1, 0.15) is 0 Å². The van der Waals surface area contributed by atoms with E-state index in [1.807, 2.05) is 0 Å². The number of hydrogen-bond acceptors (Lipinski definition) is 2. The van der Waals surface area contributed by atoms with Crippen LogP contribution in [0.2, 0.25) is 0 Å². The summed E-state index contributed by atoms with van der Waals surface area (Å²) in [5.74, 6) is -0.719. The Balaban J connectivity index is 1.92. The predicted octanol–water partition coefficient (Wildman–Crippen LogP) is 0.720. The van der Waals surface area contributed by atoms with E-state index in [-0.39, 0.29) is 17.7 Å². The first-order chi connectivity index (χ1) is 6.68. The van der Waals surface area contributed by atoms with Crippen LogP contribution in [0, 0.1) is 11.8 Å². The van der Waals surface area contributed by atoms with E-state index in [1.54, 1.807) is 4.90 Å². The number of rotatable bonds is 2. The molecule has 4 heteroatoms. The van der Waals surface area contributed by atoms with Crippen molar-refractivity contribution in [3.05, 3.63) is 0 Å². The highest BCUT2D eigenvalue weighted by Gasteiger charge is 2.36. The second-order valence-corrected chi connectivity index (χ2v) is 4.24. The molecule has 2 rings (SSSR count). The van der Waals surface area contributed by atoms with Crippen LogP contribution in [0.5, 0.6) is 0 Å².